The van der Waals surface area contributed by atoms with Gasteiger partial charge in [-0.15, -0.1) is 5.10 Å². The highest BCUT2D eigenvalue weighted by Crippen LogP contribution is 2.38. The fourth-order valence-corrected chi connectivity index (χ4v) is 3.69. The zero-order chi connectivity index (χ0) is 27.8. The van der Waals surface area contributed by atoms with Crippen molar-refractivity contribution in [2.24, 2.45) is 0 Å². The molecule has 198 valence electrons. The number of aromatic nitrogens is 3. The van der Waals surface area contributed by atoms with Crippen molar-refractivity contribution in [3.8, 4) is 17.0 Å². The lowest BCUT2D eigenvalue weighted by molar-refractivity contribution is 0.0561. The Labute approximate surface area is 214 Å². The molecule has 0 spiro atoms. The van der Waals surface area contributed by atoms with Gasteiger partial charge in [0.25, 0.3) is 5.91 Å². The minimum atomic E-state index is -1.98. The quantitative estimate of drug-likeness (QED) is 0.235. The van der Waals surface area contributed by atoms with Crippen molar-refractivity contribution < 1.29 is 36.6 Å². The number of halogens is 4. The molecule has 0 saturated heterocycles. The Kier molecular flexibility index (Phi) is 7.07. The van der Waals surface area contributed by atoms with Crippen molar-refractivity contribution in [3.05, 3.63) is 77.8 Å². The molecule has 38 heavy (non-hydrogen) atoms. The number of carbonyl (C=O) groups is 2. The van der Waals surface area contributed by atoms with Gasteiger partial charge in [-0.1, -0.05) is 30.3 Å². The summed E-state index contributed by atoms with van der Waals surface area (Å²) in [7, 11) is 0. The van der Waals surface area contributed by atoms with Gasteiger partial charge in [0.1, 0.15) is 22.4 Å². The van der Waals surface area contributed by atoms with Crippen LogP contribution in [0.2, 0.25) is 0 Å². The zero-order valence-electron chi connectivity index (χ0n) is 20.8. The molecule has 0 aliphatic carbocycles. The van der Waals surface area contributed by atoms with E-state index in [9.17, 15) is 9.59 Å². The number of carbonyl (C=O) groups excluding carboxylic acids is 2. The van der Waals surface area contributed by atoms with E-state index in [0.717, 1.165) is 0 Å². The lowest BCUT2D eigenvalue weighted by Crippen LogP contribution is -2.42. The van der Waals surface area contributed by atoms with Crippen LogP contribution in [0.15, 0.2) is 48.9 Å². The number of anilines is 1. The topological polar surface area (TPSA) is 86.0 Å². The Morgan fingerprint density at radius 3 is 2.21 bits per heavy atom. The number of fused-ring (bicyclic) bond motifs is 1. The maximum absolute atomic E-state index is 15.5. The fourth-order valence-electron chi connectivity index (χ4n) is 3.69. The van der Waals surface area contributed by atoms with Gasteiger partial charge in [0, 0.05) is 12.4 Å². The molecule has 0 bridgehead atoms. The highest BCUT2D eigenvalue weighted by Gasteiger charge is 2.40. The Morgan fingerprint density at radius 1 is 1.00 bits per heavy atom. The maximum atomic E-state index is 15.5. The predicted octanol–water partition coefficient (Wildman–Crippen LogP) is 5.93. The van der Waals surface area contributed by atoms with Gasteiger partial charge >= 0.3 is 6.09 Å². The summed E-state index contributed by atoms with van der Waals surface area (Å²) in [5.41, 5.74) is -4.44. The molecular weight excluding hydrogens is 508 g/mol. The van der Waals surface area contributed by atoms with E-state index in [2.05, 4.69) is 10.1 Å². The summed E-state index contributed by atoms with van der Waals surface area (Å²) in [6.45, 7) is 5.93. The van der Waals surface area contributed by atoms with Gasteiger partial charge in [-0.2, -0.15) is 0 Å². The van der Waals surface area contributed by atoms with Crippen molar-refractivity contribution in [1.82, 2.24) is 14.6 Å². The van der Waals surface area contributed by atoms with Gasteiger partial charge in [-0.05, 0) is 33.3 Å². The summed E-state index contributed by atoms with van der Waals surface area (Å²) < 4.78 is 73.4. The molecular formula is C26H22F4N4O4. The summed E-state index contributed by atoms with van der Waals surface area (Å²) >= 11 is 0. The molecule has 8 nitrogen and oxygen atoms in total. The predicted molar refractivity (Wildman–Crippen MR) is 129 cm³/mol. The first-order valence-corrected chi connectivity index (χ1v) is 11.4. The van der Waals surface area contributed by atoms with Gasteiger partial charge < -0.3 is 9.47 Å². The van der Waals surface area contributed by atoms with Crippen LogP contribution in [0.5, 0.6) is 5.88 Å². The molecule has 0 radical (unpaired) electrons. The standard InChI is InChI=1S/C26H22F4N4O4/c1-5-37-23-17(15-13-31-11-12-33(15)32-23)24(35)34(25(36)38-26(2,3)4)22-20(29)18(27)16(19(28)21(22)30)14-9-7-6-8-10-14/h6-13H,5H2,1-4H3. The van der Waals surface area contributed by atoms with E-state index < -0.39 is 57.7 Å². The third-order valence-electron chi connectivity index (χ3n) is 5.21. The molecule has 0 fully saturated rings. The van der Waals surface area contributed by atoms with Crippen LogP contribution in [0.3, 0.4) is 0 Å². The average molecular weight is 530 g/mol. The highest BCUT2D eigenvalue weighted by atomic mass is 19.2. The number of hydrogen-bond acceptors (Lipinski definition) is 6. The van der Waals surface area contributed by atoms with E-state index in [1.807, 2.05) is 0 Å². The number of ether oxygens (including phenoxy) is 2. The molecule has 2 aromatic carbocycles. The Morgan fingerprint density at radius 2 is 1.63 bits per heavy atom. The normalized spacial score (nSPS) is 11.5. The molecule has 12 heteroatoms. The number of benzene rings is 2. The molecule has 0 saturated carbocycles. The third kappa shape index (κ3) is 4.76. The zero-order valence-corrected chi connectivity index (χ0v) is 20.8. The van der Waals surface area contributed by atoms with Crippen molar-refractivity contribution in [2.45, 2.75) is 33.3 Å². The molecule has 0 aliphatic heterocycles. The molecule has 2 amide bonds. The van der Waals surface area contributed by atoms with Gasteiger partial charge in [-0.25, -0.2) is 31.8 Å². The second-order valence-electron chi connectivity index (χ2n) is 8.99. The smallest absolute Gasteiger partial charge is 0.422 e. The van der Waals surface area contributed by atoms with Crippen LogP contribution in [0.1, 0.15) is 38.1 Å². The number of hydrogen-bond donors (Lipinski definition) is 0. The molecule has 2 aromatic heterocycles. The average Bonchev–Trinajstić information content (AvgIpc) is 3.23. The highest BCUT2D eigenvalue weighted by molar-refractivity contribution is 6.22. The first kappa shape index (κ1) is 26.6. The molecule has 0 aliphatic rings. The largest absolute Gasteiger partial charge is 0.476 e. The second kappa shape index (κ2) is 10.1. The number of amides is 2. The van der Waals surface area contributed by atoms with Crippen LogP contribution in [0, 0.1) is 23.3 Å². The SMILES string of the molecule is CCOc1nn2ccncc2c1C(=O)N(C(=O)OC(C)(C)C)c1c(F)c(F)c(-c2ccccc2)c(F)c1F. The van der Waals surface area contributed by atoms with Gasteiger partial charge in [0.2, 0.25) is 5.88 Å². The van der Waals surface area contributed by atoms with Gasteiger partial charge in [-0.3, -0.25) is 9.78 Å². The van der Waals surface area contributed by atoms with Gasteiger partial charge in [0.15, 0.2) is 23.3 Å². The van der Waals surface area contributed by atoms with Crippen LogP contribution in [0.25, 0.3) is 16.6 Å². The van der Waals surface area contributed by atoms with Crippen molar-refractivity contribution in [2.75, 3.05) is 11.5 Å². The van der Waals surface area contributed by atoms with Gasteiger partial charge in [0.05, 0.1) is 18.4 Å². The summed E-state index contributed by atoms with van der Waals surface area (Å²) in [5, 5.41) is 4.09. The van der Waals surface area contributed by atoms with E-state index in [4.69, 9.17) is 9.47 Å². The number of rotatable bonds is 5. The van der Waals surface area contributed by atoms with Crippen molar-refractivity contribution >= 4 is 23.2 Å². The van der Waals surface area contributed by atoms with Crippen LogP contribution >= 0.6 is 0 Å². The van der Waals surface area contributed by atoms with E-state index in [-0.39, 0.29) is 28.5 Å². The summed E-state index contributed by atoms with van der Waals surface area (Å²) in [5.74, 6) is -9.28. The summed E-state index contributed by atoms with van der Waals surface area (Å²) in [4.78, 5) is 30.8. The maximum Gasteiger partial charge on any atom is 0.422 e. The minimum absolute atomic E-state index is 0.00262. The Balaban J connectivity index is 1.99. The van der Waals surface area contributed by atoms with Crippen LogP contribution in [-0.4, -0.2) is 38.8 Å². The van der Waals surface area contributed by atoms with Crippen molar-refractivity contribution in [1.29, 1.82) is 0 Å². The van der Waals surface area contributed by atoms with E-state index in [1.165, 1.54) is 68.1 Å². The third-order valence-corrected chi connectivity index (χ3v) is 5.21. The van der Waals surface area contributed by atoms with E-state index >= 15 is 17.6 Å². The Bertz CT molecular complexity index is 1510. The van der Waals surface area contributed by atoms with Crippen LogP contribution in [0.4, 0.5) is 28.0 Å². The molecule has 0 N–H and O–H groups in total. The lowest BCUT2D eigenvalue weighted by Gasteiger charge is -2.27. The Hall–Kier alpha value is -4.48. The monoisotopic (exact) mass is 530 g/mol. The van der Waals surface area contributed by atoms with E-state index in [0.29, 0.717) is 0 Å². The summed E-state index contributed by atoms with van der Waals surface area (Å²) in [6, 6.07) is 6.88. The minimum Gasteiger partial charge on any atom is -0.476 e. The molecule has 4 rings (SSSR count). The van der Waals surface area contributed by atoms with E-state index in [1.54, 1.807) is 13.0 Å². The molecule has 2 heterocycles. The molecule has 4 aromatic rings. The number of imide groups is 1. The summed E-state index contributed by atoms with van der Waals surface area (Å²) in [6.07, 6.45) is 2.32. The molecule has 0 unspecified atom stereocenters. The fraction of sp³-hybridized carbons (Fsp3) is 0.231. The van der Waals surface area contributed by atoms with Crippen LogP contribution in [-0.2, 0) is 4.74 Å². The second-order valence-corrected chi connectivity index (χ2v) is 8.99. The first-order chi connectivity index (χ1) is 18.0. The lowest BCUT2D eigenvalue weighted by atomic mass is 10.0. The number of nitrogens with zero attached hydrogens (tertiary/aromatic N) is 4. The van der Waals surface area contributed by atoms with Crippen molar-refractivity contribution in [3.63, 3.8) is 0 Å². The van der Waals surface area contributed by atoms with Crippen LogP contribution < -0.4 is 9.64 Å². The molecule has 0 atom stereocenters. The first-order valence-electron chi connectivity index (χ1n) is 11.4.